The van der Waals surface area contributed by atoms with Crippen LogP contribution in [-0.4, -0.2) is 29.9 Å². The maximum Gasteiger partial charge on any atom is 0.264 e. The first kappa shape index (κ1) is 14.1. The maximum atomic E-state index is 12.5. The predicted octanol–water partition coefficient (Wildman–Crippen LogP) is 2.48. The number of ether oxygens (including phenoxy) is 1. The summed E-state index contributed by atoms with van der Waals surface area (Å²) in [6.45, 7) is 0. The molecule has 0 fully saturated rings. The fourth-order valence-corrected chi connectivity index (χ4v) is 3.84. The molecule has 2 N–H and O–H groups in total. The van der Waals surface area contributed by atoms with Gasteiger partial charge in [-0.1, -0.05) is 11.6 Å². The molecular formula is C11H9ClN4O3S2. The third kappa shape index (κ3) is 2.55. The number of H-pyrrole nitrogens is 1. The number of pyridine rings is 1. The number of rotatable bonds is 4. The van der Waals surface area contributed by atoms with Crippen LogP contribution in [0.4, 0.5) is 5.69 Å². The van der Waals surface area contributed by atoms with Crippen molar-refractivity contribution in [1.29, 1.82) is 0 Å². The van der Waals surface area contributed by atoms with Crippen LogP contribution in [0.15, 0.2) is 28.6 Å². The number of aromatic amines is 1. The number of hydrogen-bond donors (Lipinski definition) is 2. The highest BCUT2D eigenvalue weighted by molar-refractivity contribution is 7.93. The van der Waals surface area contributed by atoms with Crippen LogP contribution in [0.3, 0.4) is 0 Å². The molecule has 0 aliphatic heterocycles. The second-order valence-corrected chi connectivity index (χ2v) is 6.69. The first-order valence-corrected chi connectivity index (χ1v) is 8.36. The van der Waals surface area contributed by atoms with E-state index in [1.54, 1.807) is 11.4 Å². The van der Waals surface area contributed by atoms with Gasteiger partial charge >= 0.3 is 0 Å². The summed E-state index contributed by atoms with van der Waals surface area (Å²) in [5.41, 5.74) is 0.692. The van der Waals surface area contributed by atoms with Gasteiger partial charge in [0.15, 0.2) is 0 Å². The molecule has 0 spiro atoms. The lowest BCUT2D eigenvalue weighted by molar-refractivity contribution is 0.405. The van der Waals surface area contributed by atoms with E-state index in [9.17, 15) is 8.42 Å². The number of sulfonamides is 1. The minimum Gasteiger partial charge on any atom is -0.479 e. The Morgan fingerprint density at radius 1 is 1.43 bits per heavy atom. The molecule has 7 nitrogen and oxygen atoms in total. The molecule has 3 aromatic rings. The van der Waals surface area contributed by atoms with Gasteiger partial charge in [-0.3, -0.25) is 4.72 Å². The molecule has 110 valence electrons. The van der Waals surface area contributed by atoms with E-state index in [-0.39, 0.29) is 15.9 Å². The number of aromatic nitrogens is 3. The number of nitrogens with zero attached hydrogens (tertiary/aromatic N) is 2. The number of anilines is 1. The van der Waals surface area contributed by atoms with Gasteiger partial charge in [-0.25, -0.2) is 13.4 Å². The molecular weight excluding hydrogens is 336 g/mol. The van der Waals surface area contributed by atoms with E-state index in [0.717, 1.165) is 11.5 Å². The fraction of sp³-hybridized carbons (Fsp3) is 0.0909. The summed E-state index contributed by atoms with van der Waals surface area (Å²) in [6.07, 6.45) is 1.36. The standard InChI is InChI=1S/C11H9ClN4O3S2/c1-19-11-7(5-20-15-11)16-21(17,18)8-4-13-10-6(8)2-3-9(12)14-10/h2-5,16H,1H3,(H,13,14). The van der Waals surface area contributed by atoms with E-state index in [1.807, 2.05) is 0 Å². The van der Waals surface area contributed by atoms with E-state index in [1.165, 1.54) is 19.4 Å². The molecule has 3 aromatic heterocycles. The van der Waals surface area contributed by atoms with Crippen molar-refractivity contribution in [3.8, 4) is 5.88 Å². The van der Waals surface area contributed by atoms with Gasteiger partial charge in [0.25, 0.3) is 10.0 Å². The van der Waals surface area contributed by atoms with Crippen LogP contribution in [0.1, 0.15) is 0 Å². The summed E-state index contributed by atoms with van der Waals surface area (Å²) in [4.78, 5) is 6.89. The molecule has 3 heterocycles. The number of halogens is 1. The van der Waals surface area contributed by atoms with Crippen molar-refractivity contribution >= 4 is 49.9 Å². The Morgan fingerprint density at radius 2 is 2.24 bits per heavy atom. The average Bonchev–Trinajstić information content (AvgIpc) is 3.04. The van der Waals surface area contributed by atoms with Crippen LogP contribution >= 0.6 is 23.1 Å². The van der Waals surface area contributed by atoms with E-state index in [0.29, 0.717) is 16.7 Å². The Balaban J connectivity index is 2.04. The van der Waals surface area contributed by atoms with Crippen molar-refractivity contribution in [3.63, 3.8) is 0 Å². The molecule has 0 aromatic carbocycles. The van der Waals surface area contributed by atoms with Crippen LogP contribution in [-0.2, 0) is 10.0 Å². The summed E-state index contributed by atoms with van der Waals surface area (Å²) in [5.74, 6) is 0.226. The topological polar surface area (TPSA) is 97.0 Å². The highest BCUT2D eigenvalue weighted by Crippen LogP contribution is 2.29. The van der Waals surface area contributed by atoms with Gasteiger partial charge in [0.05, 0.1) is 7.11 Å². The van der Waals surface area contributed by atoms with Crippen LogP contribution in [0.25, 0.3) is 11.0 Å². The SMILES string of the molecule is COc1nscc1NS(=O)(=O)c1c[nH]c2nc(Cl)ccc12. The Hall–Kier alpha value is -1.84. The van der Waals surface area contributed by atoms with Gasteiger partial charge in [0, 0.05) is 17.0 Å². The predicted molar refractivity (Wildman–Crippen MR) is 80.6 cm³/mol. The van der Waals surface area contributed by atoms with Gasteiger partial charge in [-0.05, 0) is 23.7 Å². The molecule has 0 aliphatic rings. The number of hydrogen-bond acceptors (Lipinski definition) is 6. The van der Waals surface area contributed by atoms with Crippen molar-refractivity contribution < 1.29 is 13.2 Å². The lowest BCUT2D eigenvalue weighted by Crippen LogP contribution is -2.12. The van der Waals surface area contributed by atoms with Crippen LogP contribution < -0.4 is 9.46 Å². The third-order valence-electron chi connectivity index (χ3n) is 2.73. The van der Waals surface area contributed by atoms with Crippen LogP contribution in [0.5, 0.6) is 5.88 Å². The molecule has 0 saturated heterocycles. The lowest BCUT2D eigenvalue weighted by Gasteiger charge is -2.06. The van der Waals surface area contributed by atoms with E-state index < -0.39 is 10.0 Å². The highest BCUT2D eigenvalue weighted by Gasteiger charge is 2.22. The van der Waals surface area contributed by atoms with E-state index in [2.05, 4.69) is 19.1 Å². The van der Waals surface area contributed by atoms with Crippen molar-refractivity contribution in [3.05, 3.63) is 28.9 Å². The summed E-state index contributed by atoms with van der Waals surface area (Å²) < 4.78 is 36.3. The van der Waals surface area contributed by atoms with Crippen LogP contribution in [0, 0.1) is 0 Å². The first-order chi connectivity index (χ1) is 10.0. The zero-order valence-electron chi connectivity index (χ0n) is 10.6. The lowest BCUT2D eigenvalue weighted by atomic mass is 10.3. The van der Waals surface area contributed by atoms with Gasteiger partial charge in [-0.15, -0.1) is 0 Å². The fourth-order valence-electron chi connectivity index (χ4n) is 1.82. The molecule has 0 bridgehead atoms. The quantitative estimate of drug-likeness (QED) is 0.709. The molecule has 0 unspecified atom stereocenters. The Kier molecular flexibility index (Phi) is 3.47. The first-order valence-electron chi connectivity index (χ1n) is 5.66. The van der Waals surface area contributed by atoms with Crippen LogP contribution in [0.2, 0.25) is 5.15 Å². The molecule has 0 radical (unpaired) electrons. The maximum absolute atomic E-state index is 12.5. The molecule has 0 aliphatic carbocycles. The second-order valence-electron chi connectivity index (χ2n) is 4.03. The Bertz CT molecular complexity index is 903. The highest BCUT2D eigenvalue weighted by atomic mass is 35.5. The molecule has 0 amide bonds. The molecule has 0 saturated carbocycles. The van der Waals surface area contributed by atoms with Crippen molar-refractivity contribution in [1.82, 2.24) is 14.3 Å². The summed E-state index contributed by atoms with van der Waals surface area (Å²) in [6, 6.07) is 3.13. The van der Waals surface area contributed by atoms with Crippen molar-refractivity contribution in [2.24, 2.45) is 0 Å². The zero-order chi connectivity index (χ0) is 15.0. The summed E-state index contributed by atoms with van der Waals surface area (Å²) in [5, 5.41) is 2.29. The van der Waals surface area contributed by atoms with Gasteiger partial charge in [0.1, 0.15) is 21.4 Å². The molecule has 0 atom stereocenters. The molecule has 10 heteroatoms. The monoisotopic (exact) mass is 344 g/mol. The molecule has 3 rings (SSSR count). The minimum absolute atomic E-state index is 0.0786. The number of nitrogens with one attached hydrogen (secondary N) is 2. The zero-order valence-corrected chi connectivity index (χ0v) is 13.0. The largest absolute Gasteiger partial charge is 0.479 e. The van der Waals surface area contributed by atoms with E-state index in [4.69, 9.17) is 16.3 Å². The average molecular weight is 345 g/mol. The number of fused-ring (bicyclic) bond motifs is 1. The van der Waals surface area contributed by atoms with Gasteiger partial charge < -0.3 is 9.72 Å². The third-order valence-corrected chi connectivity index (χ3v) is 4.96. The molecule has 21 heavy (non-hydrogen) atoms. The smallest absolute Gasteiger partial charge is 0.264 e. The second kappa shape index (κ2) is 5.17. The minimum atomic E-state index is -3.79. The van der Waals surface area contributed by atoms with Crippen molar-refractivity contribution in [2.45, 2.75) is 4.90 Å². The Labute approximate surface area is 129 Å². The van der Waals surface area contributed by atoms with Gasteiger partial charge in [-0.2, -0.15) is 4.37 Å². The normalized spacial score (nSPS) is 11.7. The van der Waals surface area contributed by atoms with Crippen molar-refractivity contribution in [2.75, 3.05) is 11.8 Å². The summed E-state index contributed by atoms with van der Waals surface area (Å²) in [7, 11) is -2.37. The Morgan fingerprint density at radius 3 is 3.00 bits per heavy atom. The van der Waals surface area contributed by atoms with Gasteiger partial charge in [0.2, 0.25) is 5.88 Å². The number of methoxy groups -OCH3 is 1. The summed E-state index contributed by atoms with van der Waals surface area (Å²) >= 11 is 6.87. The van der Waals surface area contributed by atoms with E-state index >= 15 is 0 Å².